The van der Waals surface area contributed by atoms with Crippen molar-refractivity contribution in [2.24, 2.45) is 5.92 Å². The summed E-state index contributed by atoms with van der Waals surface area (Å²) >= 11 is 0. The molecule has 0 fully saturated rings. The normalized spacial score (nSPS) is 20.8. The summed E-state index contributed by atoms with van der Waals surface area (Å²) in [5, 5.41) is 1.12. The van der Waals surface area contributed by atoms with Crippen molar-refractivity contribution in [3.8, 4) is 0 Å². The Morgan fingerprint density at radius 1 is 1.25 bits per heavy atom. The van der Waals surface area contributed by atoms with Gasteiger partial charge in [0.15, 0.2) is 0 Å². The van der Waals surface area contributed by atoms with E-state index in [2.05, 4.69) is 29.1 Å². The summed E-state index contributed by atoms with van der Waals surface area (Å²) in [4.78, 5) is 20.4. The molecule has 6 heteroatoms. The Labute approximate surface area is 171 Å². The molecule has 4 nitrogen and oxygen atoms in total. The lowest BCUT2D eigenvalue weighted by Gasteiger charge is -2.40. The molecule has 0 bridgehead atoms. The third kappa shape index (κ3) is 3.22. The summed E-state index contributed by atoms with van der Waals surface area (Å²) in [6, 6.07) is 4.24. The minimum atomic E-state index is -0.114. The molecular weight excluding hydrogens is 344 g/mol. The van der Waals surface area contributed by atoms with E-state index in [1.807, 2.05) is 38.7 Å². The van der Waals surface area contributed by atoms with Crippen LogP contribution in [0, 0.1) is 5.92 Å². The van der Waals surface area contributed by atoms with E-state index in [4.69, 9.17) is 15.7 Å². The van der Waals surface area contributed by atoms with Crippen LogP contribution in [0.15, 0.2) is 18.2 Å². The van der Waals surface area contributed by atoms with Crippen LogP contribution in [0.25, 0.3) is 16.5 Å². The van der Waals surface area contributed by atoms with E-state index < -0.39 is 0 Å². The van der Waals surface area contributed by atoms with Crippen LogP contribution in [0.5, 0.6) is 0 Å². The van der Waals surface area contributed by atoms with Crippen molar-refractivity contribution in [3.63, 3.8) is 0 Å². The standard InChI is InChI=1S/C20H23B2N3O.C2H6/c1-4-25(5-2)20(26)11-8-13-12-6-7-15(21)18-17(12)14(19(22)23-18)9-16(13)24(3)10-11;1-2/h6-8,11,16,23H,4-5,9-10H2,1-3H3;1-2H3/t11-,16?;/m1./s1. The van der Waals surface area contributed by atoms with Gasteiger partial charge in [-0.1, -0.05) is 37.5 Å². The Morgan fingerprint density at radius 2 is 1.93 bits per heavy atom. The molecule has 1 amide bonds. The highest BCUT2D eigenvalue weighted by atomic mass is 16.2. The van der Waals surface area contributed by atoms with Crippen LogP contribution in [-0.2, 0) is 11.2 Å². The number of nitrogens with one attached hydrogen (secondary N) is 1. The van der Waals surface area contributed by atoms with Crippen LogP contribution in [0.4, 0.5) is 0 Å². The Morgan fingerprint density at radius 3 is 2.57 bits per heavy atom. The lowest BCUT2D eigenvalue weighted by molar-refractivity contribution is -0.134. The predicted molar refractivity (Wildman–Crippen MR) is 120 cm³/mol. The van der Waals surface area contributed by atoms with Gasteiger partial charge in [-0.3, -0.25) is 9.69 Å². The van der Waals surface area contributed by atoms with Gasteiger partial charge in [-0.05, 0) is 49.6 Å². The van der Waals surface area contributed by atoms with Crippen molar-refractivity contribution in [1.29, 1.82) is 0 Å². The largest absolute Gasteiger partial charge is 0.368 e. The number of amides is 1. The summed E-state index contributed by atoms with van der Waals surface area (Å²) in [5.74, 6) is 0.0930. The van der Waals surface area contributed by atoms with Gasteiger partial charge in [-0.2, -0.15) is 0 Å². The van der Waals surface area contributed by atoms with Crippen molar-refractivity contribution in [2.45, 2.75) is 40.2 Å². The van der Waals surface area contributed by atoms with Gasteiger partial charge in [0.1, 0.15) is 15.7 Å². The van der Waals surface area contributed by atoms with E-state index in [-0.39, 0.29) is 17.9 Å². The zero-order valence-corrected chi connectivity index (χ0v) is 17.7. The summed E-state index contributed by atoms with van der Waals surface area (Å²) in [7, 11) is 14.5. The van der Waals surface area contributed by atoms with Crippen molar-refractivity contribution >= 4 is 49.1 Å². The monoisotopic (exact) mass is 373 g/mol. The Balaban J connectivity index is 0.00000109. The molecule has 144 valence electrons. The maximum atomic E-state index is 12.9. The number of nitrogens with zero attached hydrogens (tertiary/aromatic N) is 2. The van der Waals surface area contributed by atoms with Crippen LogP contribution >= 0.6 is 0 Å². The van der Waals surface area contributed by atoms with E-state index in [1.54, 1.807) is 0 Å². The minimum Gasteiger partial charge on any atom is -0.368 e. The summed E-state index contributed by atoms with van der Waals surface area (Å²) in [6.07, 6.45) is 3.03. The van der Waals surface area contributed by atoms with Gasteiger partial charge in [-0.15, -0.1) is 0 Å². The first-order valence-electron chi connectivity index (χ1n) is 10.4. The number of hydrogen-bond acceptors (Lipinski definition) is 2. The molecule has 1 aromatic carbocycles. The van der Waals surface area contributed by atoms with Crippen LogP contribution in [0.3, 0.4) is 0 Å². The molecular formula is C22H29B2N3O. The number of hydrogen-bond donors (Lipinski definition) is 1. The fourth-order valence-corrected chi connectivity index (χ4v) is 4.57. The molecule has 1 N–H and O–H groups in total. The van der Waals surface area contributed by atoms with Crippen LogP contribution in [0.1, 0.15) is 38.8 Å². The average molecular weight is 373 g/mol. The number of H-pyrrole nitrogens is 1. The molecule has 28 heavy (non-hydrogen) atoms. The molecule has 0 spiro atoms. The van der Waals surface area contributed by atoms with E-state index in [1.165, 1.54) is 5.57 Å². The highest BCUT2D eigenvalue weighted by Crippen LogP contribution is 2.39. The molecule has 1 aromatic heterocycles. The maximum absolute atomic E-state index is 12.9. The van der Waals surface area contributed by atoms with Crippen molar-refractivity contribution in [3.05, 3.63) is 29.3 Å². The van der Waals surface area contributed by atoms with Gasteiger partial charge in [0.05, 0.1) is 5.92 Å². The fourth-order valence-electron chi connectivity index (χ4n) is 4.57. The van der Waals surface area contributed by atoms with Crippen molar-refractivity contribution in [2.75, 3.05) is 26.7 Å². The molecule has 1 aliphatic heterocycles. The van der Waals surface area contributed by atoms with Gasteiger partial charge >= 0.3 is 0 Å². The average Bonchev–Trinajstić information content (AvgIpc) is 3.04. The number of carbonyl (C=O) groups is 1. The molecule has 2 heterocycles. The zero-order valence-electron chi connectivity index (χ0n) is 17.7. The number of benzene rings is 1. The molecule has 4 rings (SSSR count). The van der Waals surface area contributed by atoms with E-state index in [0.29, 0.717) is 11.1 Å². The minimum absolute atomic E-state index is 0.114. The number of carbonyl (C=O) groups excluding carboxylic acids is 1. The molecule has 2 aliphatic rings. The third-order valence-corrected chi connectivity index (χ3v) is 5.98. The molecule has 2 atom stereocenters. The lowest BCUT2D eigenvalue weighted by atomic mass is 9.76. The fraction of sp³-hybridized carbons (Fsp3) is 0.500. The van der Waals surface area contributed by atoms with E-state index >= 15 is 0 Å². The van der Waals surface area contributed by atoms with Crippen LogP contribution in [0.2, 0.25) is 0 Å². The first-order valence-corrected chi connectivity index (χ1v) is 10.4. The molecule has 0 saturated carbocycles. The smallest absolute Gasteiger partial charge is 0.230 e. The second-order valence-electron chi connectivity index (χ2n) is 7.37. The summed E-state index contributed by atoms with van der Waals surface area (Å²) in [6.45, 7) is 10.3. The quantitative estimate of drug-likeness (QED) is 0.829. The molecule has 1 aliphatic carbocycles. The second kappa shape index (κ2) is 8.20. The van der Waals surface area contributed by atoms with Crippen LogP contribution < -0.4 is 11.1 Å². The number of aromatic amines is 1. The zero-order chi connectivity index (χ0) is 20.6. The first kappa shape index (κ1) is 20.8. The topological polar surface area (TPSA) is 39.3 Å². The Kier molecular flexibility index (Phi) is 6.09. The molecule has 1 unspecified atom stereocenters. The molecule has 2 aromatic rings. The molecule has 4 radical (unpaired) electrons. The molecule has 0 saturated heterocycles. The predicted octanol–water partition coefficient (Wildman–Crippen LogP) is 1.52. The van der Waals surface area contributed by atoms with E-state index in [0.717, 1.165) is 48.1 Å². The van der Waals surface area contributed by atoms with Crippen molar-refractivity contribution in [1.82, 2.24) is 14.8 Å². The van der Waals surface area contributed by atoms with Gasteiger partial charge in [0, 0.05) is 36.6 Å². The Hall–Kier alpha value is -1.94. The number of likely N-dealkylation sites (N-methyl/N-ethyl adjacent to an activating group) is 1. The van der Waals surface area contributed by atoms with Crippen LogP contribution in [-0.4, -0.2) is 69.1 Å². The van der Waals surface area contributed by atoms with E-state index in [9.17, 15) is 4.79 Å². The second-order valence-corrected chi connectivity index (χ2v) is 7.37. The van der Waals surface area contributed by atoms with Gasteiger partial charge in [0.2, 0.25) is 5.91 Å². The highest BCUT2D eigenvalue weighted by Gasteiger charge is 2.37. The lowest BCUT2D eigenvalue weighted by Crippen LogP contribution is -2.48. The highest BCUT2D eigenvalue weighted by molar-refractivity contribution is 6.41. The first-order chi connectivity index (χ1) is 13.5. The number of aromatic nitrogens is 1. The van der Waals surface area contributed by atoms with Crippen molar-refractivity contribution < 1.29 is 4.79 Å². The maximum Gasteiger partial charge on any atom is 0.230 e. The number of rotatable bonds is 3. The number of fused-ring (bicyclic) bond motifs is 2. The van der Waals surface area contributed by atoms with Gasteiger partial charge in [-0.25, -0.2) is 0 Å². The van der Waals surface area contributed by atoms with Gasteiger partial charge in [0.25, 0.3) is 0 Å². The SMILES string of the molecule is CC.[B]c1[nH]c2c([B])ccc3c2c1CC1C3=C[C@@H](C(=O)N(CC)CC)CN1C. The third-order valence-electron chi connectivity index (χ3n) is 5.98. The summed E-state index contributed by atoms with van der Waals surface area (Å²) in [5.41, 5.74) is 5.84. The summed E-state index contributed by atoms with van der Waals surface area (Å²) < 4.78 is 0. The van der Waals surface area contributed by atoms with Gasteiger partial charge < -0.3 is 9.88 Å². The Bertz CT molecular complexity index is 914.